The lowest BCUT2D eigenvalue weighted by Crippen LogP contribution is -2.19. The molecule has 1 aromatic carbocycles. The van der Waals surface area contributed by atoms with Crippen molar-refractivity contribution < 1.29 is 19.1 Å². The number of hydrogen-bond acceptors (Lipinski definition) is 4. The van der Waals surface area contributed by atoms with Crippen molar-refractivity contribution in [2.45, 2.75) is 6.92 Å². The van der Waals surface area contributed by atoms with Gasteiger partial charge >= 0.3 is 5.97 Å². The molecule has 0 radical (unpaired) electrons. The molecule has 1 rings (SSSR count). The fraction of sp³-hybridized carbons (Fsp3) is 0.231. The molecule has 0 aliphatic carbocycles. The normalized spacial score (nSPS) is 10.3. The van der Waals surface area contributed by atoms with E-state index >= 15 is 0 Å². The molecule has 0 unspecified atom stereocenters. The summed E-state index contributed by atoms with van der Waals surface area (Å²) in [5.74, 6) is -0.522. The first-order valence-electron chi connectivity index (χ1n) is 5.48. The van der Waals surface area contributed by atoms with Crippen molar-refractivity contribution in [3.63, 3.8) is 0 Å². The summed E-state index contributed by atoms with van der Waals surface area (Å²) >= 11 is 0. The molecule has 1 amide bonds. The van der Waals surface area contributed by atoms with Gasteiger partial charge in [0.2, 0.25) is 0 Å². The maximum absolute atomic E-state index is 11.1. The lowest BCUT2D eigenvalue weighted by Gasteiger charge is -2.02. The molecule has 5 nitrogen and oxygen atoms in total. The molecule has 0 aliphatic heterocycles. The minimum absolute atomic E-state index is 0.410. The number of carbonyl (C=O) groups excluding carboxylic acids is 2. The van der Waals surface area contributed by atoms with Gasteiger partial charge < -0.3 is 15.2 Å². The Morgan fingerprint density at radius 1 is 1.28 bits per heavy atom. The van der Waals surface area contributed by atoms with Gasteiger partial charge in [0, 0.05) is 6.08 Å². The number of hydrogen-bond donors (Lipinski definition) is 1. The van der Waals surface area contributed by atoms with Gasteiger partial charge in [0.15, 0.2) is 6.61 Å². The zero-order valence-electron chi connectivity index (χ0n) is 10.1. The van der Waals surface area contributed by atoms with Gasteiger partial charge in [0.1, 0.15) is 5.75 Å². The molecule has 0 saturated carbocycles. The largest absolute Gasteiger partial charge is 0.494 e. The topological polar surface area (TPSA) is 78.6 Å². The molecule has 2 N–H and O–H groups in total. The molecule has 0 heterocycles. The summed E-state index contributed by atoms with van der Waals surface area (Å²) in [7, 11) is 0. The van der Waals surface area contributed by atoms with E-state index in [2.05, 4.69) is 4.74 Å². The van der Waals surface area contributed by atoms with E-state index in [-0.39, 0.29) is 0 Å². The number of nitrogens with two attached hydrogens (primary N) is 1. The fourth-order valence-corrected chi connectivity index (χ4v) is 1.20. The first-order chi connectivity index (χ1) is 8.61. The fourth-order valence-electron chi connectivity index (χ4n) is 1.20. The minimum atomic E-state index is -0.683. The van der Waals surface area contributed by atoms with Gasteiger partial charge in [-0.05, 0) is 30.7 Å². The Hall–Kier alpha value is -2.30. The van der Waals surface area contributed by atoms with E-state index in [0.717, 1.165) is 11.3 Å². The van der Waals surface area contributed by atoms with Crippen molar-refractivity contribution in [1.82, 2.24) is 0 Å². The van der Waals surface area contributed by atoms with E-state index in [9.17, 15) is 9.59 Å². The van der Waals surface area contributed by atoms with Crippen LogP contribution in [0, 0.1) is 0 Å². The number of esters is 1. The van der Waals surface area contributed by atoms with Crippen molar-refractivity contribution in [1.29, 1.82) is 0 Å². The molecule has 5 heteroatoms. The van der Waals surface area contributed by atoms with Crippen LogP contribution in [0.3, 0.4) is 0 Å². The molecule has 18 heavy (non-hydrogen) atoms. The predicted octanol–water partition coefficient (Wildman–Crippen LogP) is 1.13. The highest BCUT2D eigenvalue weighted by Gasteiger charge is 2.00. The molecule has 0 bridgehead atoms. The smallest absolute Gasteiger partial charge is 0.331 e. The maximum atomic E-state index is 11.1. The van der Waals surface area contributed by atoms with E-state index in [1.807, 2.05) is 19.1 Å². The number of carbonyl (C=O) groups is 2. The zero-order chi connectivity index (χ0) is 13.4. The molecule has 0 spiro atoms. The molecule has 0 fully saturated rings. The van der Waals surface area contributed by atoms with Crippen LogP contribution >= 0.6 is 0 Å². The summed E-state index contributed by atoms with van der Waals surface area (Å²) < 4.78 is 9.85. The molecule has 1 aromatic rings. The lowest BCUT2D eigenvalue weighted by atomic mass is 10.2. The summed E-state index contributed by atoms with van der Waals surface area (Å²) in [5, 5.41) is 0. The van der Waals surface area contributed by atoms with Gasteiger partial charge in [-0.2, -0.15) is 0 Å². The Labute approximate surface area is 105 Å². The lowest BCUT2D eigenvalue weighted by molar-refractivity contribution is -0.142. The van der Waals surface area contributed by atoms with Crippen molar-refractivity contribution in [2.75, 3.05) is 13.2 Å². The summed E-state index contributed by atoms with van der Waals surface area (Å²) in [5.41, 5.74) is 5.67. The van der Waals surface area contributed by atoms with Crippen LogP contribution in [0.2, 0.25) is 0 Å². The number of benzene rings is 1. The molecular weight excluding hydrogens is 234 g/mol. The van der Waals surface area contributed by atoms with Crippen molar-refractivity contribution in [3.05, 3.63) is 35.9 Å². The van der Waals surface area contributed by atoms with Crippen LogP contribution in [0.4, 0.5) is 0 Å². The van der Waals surface area contributed by atoms with E-state index in [1.165, 1.54) is 6.08 Å². The Morgan fingerprint density at radius 2 is 1.94 bits per heavy atom. The Kier molecular flexibility index (Phi) is 5.44. The van der Waals surface area contributed by atoms with Gasteiger partial charge in [-0.25, -0.2) is 4.79 Å². The first kappa shape index (κ1) is 13.8. The van der Waals surface area contributed by atoms with E-state index in [4.69, 9.17) is 10.5 Å². The Balaban J connectivity index is 2.50. The monoisotopic (exact) mass is 249 g/mol. The Bertz CT molecular complexity index is 437. The predicted molar refractivity (Wildman–Crippen MR) is 66.8 cm³/mol. The molecular formula is C13H15NO4. The molecule has 0 aromatic heterocycles. The maximum Gasteiger partial charge on any atom is 0.331 e. The average molecular weight is 249 g/mol. The highest BCUT2D eigenvalue weighted by Crippen LogP contribution is 2.12. The van der Waals surface area contributed by atoms with E-state index < -0.39 is 18.5 Å². The first-order valence-corrected chi connectivity index (χ1v) is 5.48. The van der Waals surface area contributed by atoms with Crippen LogP contribution in [0.25, 0.3) is 6.08 Å². The molecule has 0 saturated heterocycles. The SMILES string of the molecule is CCOc1ccc(/C=C/C(=O)OCC(N)=O)cc1. The van der Waals surface area contributed by atoms with Crippen molar-refractivity contribution in [2.24, 2.45) is 5.73 Å². The van der Waals surface area contributed by atoms with Gasteiger partial charge in [-0.1, -0.05) is 12.1 Å². The zero-order valence-corrected chi connectivity index (χ0v) is 10.1. The minimum Gasteiger partial charge on any atom is -0.494 e. The second-order valence-electron chi connectivity index (χ2n) is 3.41. The highest BCUT2D eigenvalue weighted by atomic mass is 16.5. The third-order valence-corrected chi connectivity index (χ3v) is 1.96. The van der Waals surface area contributed by atoms with Crippen LogP contribution in [0.5, 0.6) is 5.75 Å². The van der Waals surface area contributed by atoms with Crippen LogP contribution in [0.15, 0.2) is 30.3 Å². The van der Waals surface area contributed by atoms with Crippen molar-refractivity contribution in [3.8, 4) is 5.75 Å². The second kappa shape index (κ2) is 7.11. The van der Waals surface area contributed by atoms with Crippen LogP contribution in [0.1, 0.15) is 12.5 Å². The Morgan fingerprint density at radius 3 is 2.50 bits per heavy atom. The summed E-state index contributed by atoms with van der Waals surface area (Å²) in [6.45, 7) is 2.10. The van der Waals surface area contributed by atoms with Gasteiger partial charge in [-0.3, -0.25) is 4.79 Å². The van der Waals surface area contributed by atoms with Crippen molar-refractivity contribution >= 4 is 18.0 Å². The highest BCUT2D eigenvalue weighted by molar-refractivity contribution is 5.88. The third kappa shape index (κ3) is 5.16. The number of rotatable bonds is 6. The molecule has 0 atom stereocenters. The number of amides is 1. The standard InChI is InChI=1S/C13H15NO4/c1-2-17-11-6-3-10(4-7-11)5-8-13(16)18-9-12(14)15/h3-8H,2,9H2,1H3,(H2,14,15)/b8-5+. The van der Waals surface area contributed by atoms with E-state index in [0.29, 0.717) is 6.61 Å². The van der Waals surface area contributed by atoms with Crippen LogP contribution < -0.4 is 10.5 Å². The quantitative estimate of drug-likeness (QED) is 0.605. The van der Waals surface area contributed by atoms with Gasteiger partial charge in [-0.15, -0.1) is 0 Å². The molecule has 0 aliphatic rings. The average Bonchev–Trinajstić information content (AvgIpc) is 2.36. The molecule has 96 valence electrons. The number of primary amides is 1. The van der Waals surface area contributed by atoms with Crippen LogP contribution in [-0.2, 0) is 14.3 Å². The summed E-state index contributed by atoms with van der Waals surface area (Å²) in [6, 6.07) is 7.22. The van der Waals surface area contributed by atoms with Gasteiger partial charge in [0.25, 0.3) is 5.91 Å². The van der Waals surface area contributed by atoms with Crippen LogP contribution in [-0.4, -0.2) is 25.1 Å². The van der Waals surface area contributed by atoms with Gasteiger partial charge in [0.05, 0.1) is 6.61 Å². The second-order valence-corrected chi connectivity index (χ2v) is 3.41. The summed E-state index contributed by atoms with van der Waals surface area (Å²) in [6.07, 6.45) is 2.82. The number of ether oxygens (including phenoxy) is 2. The third-order valence-electron chi connectivity index (χ3n) is 1.96. The van der Waals surface area contributed by atoms with E-state index in [1.54, 1.807) is 18.2 Å². The summed E-state index contributed by atoms with van der Waals surface area (Å²) in [4.78, 5) is 21.5.